The molecule has 0 unspecified atom stereocenters. The first-order valence-electron chi connectivity index (χ1n) is 10.1. The van der Waals surface area contributed by atoms with Crippen molar-refractivity contribution in [2.45, 2.75) is 26.4 Å². The Morgan fingerprint density at radius 1 is 0.967 bits per heavy atom. The van der Waals surface area contributed by atoms with Crippen molar-refractivity contribution < 1.29 is 9.59 Å². The number of rotatable bonds is 5. The van der Waals surface area contributed by atoms with Crippen molar-refractivity contribution >= 4 is 23.2 Å². The Morgan fingerprint density at radius 3 is 2.30 bits per heavy atom. The van der Waals surface area contributed by atoms with Gasteiger partial charge in [-0.2, -0.15) is 0 Å². The van der Waals surface area contributed by atoms with E-state index in [1.165, 1.54) is 23.7 Å². The first kappa shape index (κ1) is 19.9. The van der Waals surface area contributed by atoms with Gasteiger partial charge in [0.05, 0.1) is 0 Å². The molecular formula is C24H26N4O2. The molecule has 30 heavy (non-hydrogen) atoms. The van der Waals surface area contributed by atoms with E-state index in [2.05, 4.69) is 39.8 Å². The number of hydrogen-bond acceptors (Lipinski definition) is 3. The summed E-state index contributed by atoms with van der Waals surface area (Å²) in [6.45, 7) is 4.20. The molecule has 1 aliphatic rings. The van der Waals surface area contributed by atoms with E-state index in [4.69, 9.17) is 0 Å². The fourth-order valence-electron chi connectivity index (χ4n) is 3.98. The summed E-state index contributed by atoms with van der Waals surface area (Å²) in [7, 11) is 1.96. The molecular weight excluding hydrogens is 376 g/mol. The van der Waals surface area contributed by atoms with Crippen LogP contribution in [0, 0.1) is 0 Å². The van der Waals surface area contributed by atoms with Crippen LogP contribution in [0.4, 0.5) is 11.4 Å². The van der Waals surface area contributed by atoms with Gasteiger partial charge in [0.15, 0.2) is 0 Å². The van der Waals surface area contributed by atoms with Crippen LogP contribution >= 0.6 is 0 Å². The summed E-state index contributed by atoms with van der Waals surface area (Å²) in [4.78, 5) is 26.4. The molecule has 4 rings (SSSR count). The molecule has 0 radical (unpaired) electrons. The molecule has 2 N–H and O–H groups in total. The highest BCUT2D eigenvalue weighted by molar-refractivity contribution is 6.03. The molecule has 0 atom stereocenters. The van der Waals surface area contributed by atoms with Crippen LogP contribution in [-0.4, -0.2) is 27.8 Å². The van der Waals surface area contributed by atoms with Crippen LogP contribution in [0.15, 0.2) is 60.7 Å². The standard InChI is InChI=1S/C24H26N4O2/c1-17(29)25-20-8-10-21(11-9-20)26-24(30)23-14-19-16-28(13-12-22(19)27(23)2)15-18-6-4-3-5-7-18/h3-11,14H,12-13,15-16H2,1-2H3,(H,25,29)(H,26,30). The Morgan fingerprint density at radius 2 is 1.63 bits per heavy atom. The van der Waals surface area contributed by atoms with E-state index in [0.29, 0.717) is 17.1 Å². The summed E-state index contributed by atoms with van der Waals surface area (Å²) in [5, 5.41) is 5.67. The van der Waals surface area contributed by atoms with Gasteiger partial charge in [0.1, 0.15) is 5.69 Å². The van der Waals surface area contributed by atoms with Crippen molar-refractivity contribution in [2.24, 2.45) is 7.05 Å². The van der Waals surface area contributed by atoms with Crippen molar-refractivity contribution in [1.29, 1.82) is 0 Å². The summed E-state index contributed by atoms with van der Waals surface area (Å²) >= 11 is 0. The minimum Gasteiger partial charge on any atom is -0.343 e. The third-order valence-electron chi connectivity index (χ3n) is 5.45. The molecule has 0 fully saturated rings. The molecule has 2 aromatic carbocycles. The molecule has 1 aliphatic heterocycles. The van der Waals surface area contributed by atoms with Gasteiger partial charge in [-0.15, -0.1) is 0 Å². The number of aromatic nitrogens is 1. The first-order valence-corrected chi connectivity index (χ1v) is 10.1. The minimum absolute atomic E-state index is 0.123. The van der Waals surface area contributed by atoms with Crippen LogP contribution in [0.5, 0.6) is 0 Å². The fraction of sp³-hybridized carbons (Fsp3) is 0.250. The molecule has 2 amide bonds. The van der Waals surface area contributed by atoms with Gasteiger partial charge in [-0.1, -0.05) is 30.3 Å². The summed E-state index contributed by atoms with van der Waals surface area (Å²) < 4.78 is 2.01. The van der Waals surface area contributed by atoms with Crippen LogP contribution < -0.4 is 10.6 Å². The van der Waals surface area contributed by atoms with Gasteiger partial charge in [0.2, 0.25) is 5.91 Å². The number of anilines is 2. The number of benzene rings is 2. The second-order valence-electron chi connectivity index (χ2n) is 7.72. The third-order valence-corrected chi connectivity index (χ3v) is 5.45. The minimum atomic E-state index is -0.131. The third kappa shape index (κ3) is 4.44. The molecule has 0 bridgehead atoms. The van der Waals surface area contributed by atoms with Gasteiger partial charge < -0.3 is 15.2 Å². The second-order valence-corrected chi connectivity index (χ2v) is 7.72. The summed E-state index contributed by atoms with van der Waals surface area (Å²) in [6, 6.07) is 19.6. The zero-order valence-electron chi connectivity index (χ0n) is 17.3. The Balaban J connectivity index is 1.44. The lowest BCUT2D eigenvalue weighted by atomic mass is 10.1. The Kier molecular flexibility index (Phi) is 5.68. The molecule has 0 saturated carbocycles. The molecule has 154 valence electrons. The van der Waals surface area contributed by atoms with Crippen molar-refractivity contribution in [1.82, 2.24) is 9.47 Å². The number of amides is 2. The lowest BCUT2D eigenvalue weighted by molar-refractivity contribution is -0.114. The molecule has 6 nitrogen and oxygen atoms in total. The maximum Gasteiger partial charge on any atom is 0.272 e. The average Bonchev–Trinajstić information content (AvgIpc) is 3.06. The SMILES string of the molecule is CC(=O)Nc1ccc(NC(=O)c2cc3c(n2C)CCN(Cc2ccccc2)C3)cc1. The van der Waals surface area contributed by atoms with Crippen LogP contribution in [0.25, 0.3) is 0 Å². The normalized spacial score (nSPS) is 13.5. The van der Waals surface area contributed by atoms with E-state index in [1.807, 2.05) is 23.7 Å². The van der Waals surface area contributed by atoms with Gasteiger partial charge in [-0.05, 0) is 41.5 Å². The largest absolute Gasteiger partial charge is 0.343 e. The summed E-state index contributed by atoms with van der Waals surface area (Å²) in [6.07, 6.45) is 0.928. The van der Waals surface area contributed by atoms with Crippen molar-refractivity contribution in [3.05, 3.63) is 83.2 Å². The lowest BCUT2D eigenvalue weighted by Gasteiger charge is -2.27. The number of fused-ring (bicyclic) bond motifs is 1. The van der Waals surface area contributed by atoms with E-state index in [9.17, 15) is 9.59 Å². The second kappa shape index (κ2) is 8.55. The van der Waals surface area contributed by atoms with E-state index in [-0.39, 0.29) is 11.8 Å². The summed E-state index contributed by atoms with van der Waals surface area (Å²) in [5.74, 6) is -0.253. The highest BCUT2D eigenvalue weighted by atomic mass is 16.2. The molecule has 2 heterocycles. The van der Waals surface area contributed by atoms with Crippen LogP contribution in [0.2, 0.25) is 0 Å². The first-order chi connectivity index (χ1) is 14.5. The molecule has 0 saturated heterocycles. The lowest BCUT2D eigenvalue weighted by Crippen LogP contribution is -2.30. The van der Waals surface area contributed by atoms with E-state index in [0.717, 1.165) is 26.1 Å². The van der Waals surface area contributed by atoms with Gasteiger partial charge in [-0.25, -0.2) is 0 Å². The zero-order chi connectivity index (χ0) is 21.1. The summed E-state index contributed by atoms with van der Waals surface area (Å²) in [5.41, 5.74) is 5.80. The number of carbonyl (C=O) groups excluding carboxylic acids is 2. The fourth-order valence-corrected chi connectivity index (χ4v) is 3.98. The average molecular weight is 402 g/mol. The smallest absolute Gasteiger partial charge is 0.272 e. The predicted molar refractivity (Wildman–Crippen MR) is 118 cm³/mol. The topological polar surface area (TPSA) is 66.4 Å². The Labute approximate surface area is 176 Å². The Hall–Kier alpha value is -3.38. The van der Waals surface area contributed by atoms with Gasteiger partial charge in [0, 0.05) is 57.1 Å². The highest BCUT2D eigenvalue weighted by Crippen LogP contribution is 2.24. The number of nitrogens with one attached hydrogen (secondary N) is 2. The van der Waals surface area contributed by atoms with Crippen molar-refractivity contribution in [3.8, 4) is 0 Å². The zero-order valence-corrected chi connectivity index (χ0v) is 17.3. The van der Waals surface area contributed by atoms with Crippen molar-refractivity contribution in [3.63, 3.8) is 0 Å². The Bertz CT molecular complexity index is 1050. The van der Waals surface area contributed by atoms with Crippen LogP contribution in [0.3, 0.4) is 0 Å². The molecule has 0 spiro atoms. The maximum absolute atomic E-state index is 12.9. The molecule has 1 aromatic heterocycles. The number of nitrogens with zero attached hydrogens (tertiary/aromatic N) is 2. The van der Waals surface area contributed by atoms with Crippen LogP contribution in [0.1, 0.15) is 34.2 Å². The van der Waals surface area contributed by atoms with E-state index in [1.54, 1.807) is 24.3 Å². The maximum atomic E-state index is 12.9. The quantitative estimate of drug-likeness (QED) is 0.682. The molecule has 0 aliphatic carbocycles. The highest BCUT2D eigenvalue weighted by Gasteiger charge is 2.23. The monoisotopic (exact) mass is 402 g/mol. The molecule has 6 heteroatoms. The predicted octanol–water partition coefficient (Wildman–Crippen LogP) is 3.79. The van der Waals surface area contributed by atoms with Gasteiger partial charge >= 0.3 is 0 Å². The number of hydrogen-bond donors (Lipinski definition) is 2. The van der Waals surface area contributed by atoms with E-state index >= 15 is 0 Å². The van der Waals surface area contributed by atoms with Gasteiger partial charge in [0.25, 0.3) is 5.91 Å². The van der Waals surface area contributed by atoms with E-state index < -0.39 is 0 Å². The van der Waals surface area contributed by atoms with Crippen molar-refractivity contribution in [2.75, 3.05) is 17.2 Å². The number of carbonyl (C=O) groups is 2. The van der Waals surface area contributed by atoms with Gasteiger partial charge in [-0.3, -0.25) is 14.5 Å². The molecule has 3 aromatic rings. The van der Waals surface area contributed by atoms with Crippen LogP contribution in [-0.2, 0) is 31.4 Å².